The molecule has 0 N–H and O–H groups in total. The second-order valence-corrected chi connectivity index (χ2v) is 16.4. The van der Waals surface area contributed by atoms with E-state index >= 15 is 0 Å². The minimum Gasteiger partial charge on any atom is -0.464 e. The molecule has 7 rings (SSSR count). The molecule has 0 saturated carbocycles. The monoisotopic (exact) mass is 1030 g/mol. The number of nitriles is 2. The summed E-state index contributed by atoms with van der Waals surface area (Å²) in [6.45, 7) is 6.34. The van der Waals surface area contributed by atoms with Gasteiger partial charge >= 0.3 is 36.4 Å². The Morgan fingerprint density at radius 2 is 1.10 bits per heavy atom. The lowest BCUT2D eigenvalue weighted by Gasteiger charge is -2.41. The summed E-state index contributed by atoms with van der Waals surface area (Å²) >= 11 is 3.40. The lowest BCUT2D eigenvalue weighted by Crippen LogP contribution is -2.49. The van der Waals surface area contributed by atoms with E-state index in [0.29, 0.717) is 38.1 Å². The molecule has 4 amide bonds. The number of likely N-dealkylation sites (N-methyl/N-ethyl adjacent to an activating group) is 2. The van der Waals surface area contributed by atoms with Crippen LogP contribution in [0.2, 0.25) is 0 Å². The minimum absolute atomic E-state index is 0.0293. The number of hydrogen-bond donors (Lipinski definition) is 0. The maximum absolute atomic E-state index is 13.6. The first-order chi connectivity index (χ1) is 33.1. The third kappa shape index (κ3) is 10.3. The van der Waals surface area contributed by atoms with Gasteiger partial charge in [0.2, 0.25) is 0 Å². The quantitative estimate of drug-likeness (QED) is 0.103. The van der Waals surface area contributed by atoms with Crippen LogP contribution in [-0.2, 0) is 31.4 Å². The first-order valence-electron chi connectivity index (χ1n) is 21.1. The number of alkyl halides is 6. The SMILES string of the molecule is CCOC(=O)C1=C(C)N(c2cccc(C(F)(F)F)c2)C(=O)N(C)C1c1ccc(C#N)cc1-c1ccco1.CCOC(=O)C1=C(C)N(c2cccc(C(F)(F)F)c2)C(=O)N(C)C1c1ccc(C#N)cc1Br. The van der Waals surface area contributed by atoms with Crippen LogP contribution in [0, 0.1) is 22.7 Å². The minimum atomic E-state index is -4.62. The van der Waals surface area contributed by atoms with Crippen LogP contribution in [0.5, 0.6) is 0 Å². The summed E-state index contributed by atoms with van der Waals surface area (Å²) in [7, 11) is 2.90. The van der Waals surface area contributed by atoms with Gasteiger partial charge in [0, 0.05) is 35.5 Å². The molecular formula is C50H41BrF6N6O7. The fourth-order valence-electron chi connectivity index (χ4n) is 8.09. The Kier molecular flexibility index (Phi) is 15.3. The molecule has 2 unspecified atom stereocenters. The molecule has 0 saturated heterocycles. The average molecular weight is 1030 g/mol. The number of nitrogens with zero attached hydrogens (tertiary/aromatic N) is 6. The molecular weight excluding hydrogens is 990 g/mol. The highest BCUT2D eigenvalue weighted by Gasteiger charge is 2.45. The van der Waals surface area contributed by atoms with Gasteiger partial charge in [-0.15, -0.1) is 0 Å². The van der Waals surface area contributed by atoms with Crippen molar-refractivity contribution in [1.82, 2.24) is 9.80 Å². The first kappa shape index (κ1) is 51.5. The molecule has 3 heterocycles. The number of ether oxygens (including phenoxy) is 2. The summed E-state index contributed by atoms with van der Waals surface area (Å²) in [5, 5.41) is 18.6. The van der Waals surface area contributed by atoms with Crippen molar-refractivity contribution in [2.45, 2.75) is 52.1 Å². The molecule has 362 valence electrons. The van der Waals surface area contributed by atoms with Crippen LogP contribution in [0.1, 0.15) is 73.2 Å². The number of halogens is 7. The molecule has 4 aromatic carbocycles. The Morgan fingerprint density at radius 3 is 1.50 bits per heavy atom. The number of carbonyl (C=O) groups is 4. The number of hydrogen-bond acceptors (Lipinski definition) is 9. The summed E-state index contributed by atoms with van der Waals surface area (Å²) in [6.07, 6.45) is -7.76. The standard InChI is InChI=1S/C27H22F3N3O4.C23H19BrF3N3O3/c1-4-36-25(34)23-16(2)33(19-8-5-7-18(14-19)27(28,29)30)26(35)32(3)24(23)20-11-10-17(15-31)13-21(20)22-9-6-12-37-22;1-4-33-21(31)19-13(2)30(16-7-5-6-15(11-16)23(25,26)27)22(32)29(3)20(19)17-9-8-14(12-28)10-18(17)24/h5-14,24H,4H2,1-3H3;5-11,20H,4H2,1-3H3. The highest BCUT2D eigenvalue weighted by Crippen LogP contribution is 2.45. The van der Waals surface area contributed by atoms with E-state index in [1.165, 1.54) is 68.3 Å². The number of anilines is 2. The third-order valence-corrected chi connectivity index (χ3v) is 12.0. The zero-order valence-corrected chi connectivity index (χ0v) is 39.7. The van der Waals surface area contributed by atoms with Crippen LogP contribution in [0.3, 0.4) is 0 Å². The predicted octanol–water partition coefficient (Wildman–Crippen LogP) is 12.1. The largest absolute Gasteiger partial charge is 0.464 e. The second-order valence-electron chi connectivity index (χ2n) is 15.5. The molecule has 0 aliphatic carbocycles. The second kappa shape index (κ2) is 20.8. The normalized spacial score (nSPS) is 16.4. The number of esters is 2. The number of amides is 4. The fourth-order valence-corrected chi connectivity index (χ4v) is 8.69. The van der Waals surface area contributed by atoms with Crippen molar-refractivity contribution < 1.29 is 59.4 Å². The lowest BCUT2D eigenvalue weighted by atomic mass is 9.88. The van der Waals surface area contributed by atoms with Crippen molar-refractivity contribution in [3.8, 4) is 23.5 Å². The summed E-state index contributed by atoms with van der Waals surface area (Å²) in [6, 6.07) is 22.4. The van der Waals surface area contributed by atoms with Gasteiger partial charge in [-0.05, 0) is 112 Å². The fraction of sp³-hybridized carbons (Fsp3) is 0.240. The van der Waals surface area contributed by atoms with Crippen LogP contribution in [0.15, 0.2) is 135 Å². The Balaban J connectivity index is 0.000000231. The number of urea groups is 2. The summed E-state index contributed by atoms with van der Waals surface area (Å²) in [5.74, 6) is -1.02. The molecule has 0 radical (unpaired) electrons. The van der Waals surface area contributed by atoms with E-state index < -0.39 is 59.6 Å². The molecule has 5 aromatic rings. The van der Waals surface area contributed by atoms with Gasteiger partial charge in [0.1, 0.15) is 5.76 Å². The molecule has 13 nitrogen and oxygen atoms in total. The van der Waals surface area contributed by atoms with E-state index in [-0.39, 0.29) is 47.1 Å². The van der Waals surface area contributed by atoms with Crippen LogP contribution >= 0.6 is 15.9 Å². The maximum Gasteiger partial charge on any atom is 0.416 e. The number of allylic oxidation sites excluding steroid dienone is 2. The van der Waals surface area contributed by atoms with E-state index in [0.717, 1.165) is 34.1 Å². The first-order valence-corrected chi connectivity index (χ1v) is 21.9. The summed E-state index contributed by atoms with van der Waals surface area (Å²) < 4.78 is 96.6. The zero-order valence-electron chi connectivity index (χ0n) is 38.1. The van der Waals surface area contributed by atoms with Crippen molar-refractivity contribution in [2.75, 3.05) is 37.1 Å². The lowest BCUT2D eigenvalue weighted by molar-refractivity contribution is -0.140. The van der Waals surface area contributed by atoms with Gasteiger partial charge in [-0.25, -0.2) is 19.2 Å². The molecule has 1 aromatic heterocycles. The van der Waals surface area contributed by atoms with Crippen molar-refractivity contribution >= 4 is 51.3 Å². The smallest absolute Gasteiger partial charge is 0.416 e. The van der Waals surface area contributed by atoms with Gasteiger partial charge in [0.15, 0.2) is 0 Å². The van der Waals surface area contributed by atoms with Crippen LogP contribution < -0.4 is 9.80 Å². The van der Waals surface area contributed by atoms with Gasteiger partial charge in [0.25, 0.3) is 0 Å². The van der Waals surface area contributed by atoms with Crippen molar-refractivity contribution in [1.29, 1.82) is 10.5 Å². The molecule has 0 bridgehead atoms. The maximum atomic E-state index is 13.6. The van der Waals surface area contributed by atoms with Crippen molar-refractivity contribution in [2.24, 2.45) is 0 Å². The van der Waals surface area contributed by atoms with Gasteiger partial charge < -0.3 is 23.7 Å². The van der Waals surface area contributed by atoms with Crippen LogP contribution in [0.4, 0.5) is 47.3 Å². The average Bonchev–Trinajstić information content (AvgIpc) is 3.87. The third-order valence-electron chi connectivity index (χ3n) is 11.3. The van der Waals surface area contributed by atoms with Crippen LogP contribution in [-0.4, -0.2) is 61.1 Å². The summed E-state index contributed by atoms with van der Waals surface area (Å²) in [4.78, 5) is 57.9. The molecule has 2 atom stereocenters. The highest BCUT2D eigenvalue weighted by atomic mass is 79.9. The zero-order chi connectivity index (χ0) is 51.4. The van der Waals surface area contributed by atoms with E-state index in [4.69, 9.17) is 19.2 Å². The van der Waals surface area contributed by atoms with Crippen LogP contribution in [0.25, 0.3) is 11.3 Å². The molecule has 0 spiro atoms. The van der Waals surface area contributed by atoms with E-state index in [2.05, 4.69) is 22.0 Å². The Morgan fingerprint density at radius 1 is 0.657 bits per heavy atom. The molecule has 20 heteroatoms. The van der Waals surface area contributed by atoms with Gasteiger partial charge in [-0.1, -0.05) is 40.2 Å². The number of rotatable bonds is 9. The van der Waals surface area contributed by atoms with E-state index in [1.54, 1.807) is 62.4 Å². The number of furan rings is 1. The van der Waals surface area contributed by atoms with Gasteiger partial charge in [-0.2, -0.15) is 36.9 Å². The van der Waals surface area contributed by atoms with Crippen molar-refractivity contribution in [3.05, 3.63) is 164 Å². The molecule has 0 fully saturated rings. The Bertz CT molecular complexity index is 3010. The van der Waals surface area contributed by atoms with Gasteiger partial charge in [0.05, 0.1) is 88.5 Å². The Labute approximate surface area is 406 Å². The highest BCUT2D eigenvalue weighted by molar-refractivity contribution is 9.10. The predicted molar refractivity (Wildman–Crippen MR) is 246 cm³/mol. The van der Waals surface area contributed by atoms with E-state index in [1.807, 2.05) is 6.07 Å². The molecule has 2 aliphatic rings. The number of carbonyl (C=O) groups excluding carboxylic acids is 4. The topological polar surface area (TPSA) is 160 Å². The molecule has 2 aliphatic heterocycles. The van der Waals surface area contributed by atoms with Gasteiger partial charge in [-0.3, -0.25) is 9.80 Å². The number of benzene rings is 4. The van der Waals surface area contributed by atoms with Crippen molar-refractivity contribution in [3.63, 3.8) is 0 Å². The summed E-state index contributed by atoms with van der Waals surface area (Å²) in [5.41, 5.74) is 0.719. The van der Waals surface area contributed by atoms with E-state index in [9.17, 15) is 50.8 Å². The molecule has 70 heavy (non-hydrogen) atoms. The Hall–Kier alpha value is -7.84.